The molecule has 0 aromatic heterocycles. The fraction of sp³-hybridized carbons (Fsp3) is 0.600. The first-order valence-corrected chi connectivity index (χ1v) is 6.73. The molecule has 1 aromatic rings. The van der Waals surface area contributed by atoms with Crippen molar-refractivity contribution in [3.63, 3.8) is 0 Å². The van der Waals surface area contributed by atoms with Crippen LogP contribution in [0.1, 0.15) is 37.5 Å². The average molecular weight is 249 g/mol. The molecule has 0 spiro atoms. The fourth-order valence-corrected chi connectivity index (χ4v) is 2.33. The van der Waals surface area contributed by atoms with Crippen molar-refractivity contribution in [3.8, 4) is 0 Å². The van der Waals surface area contributed by atoms with Crippen LogP contribution in [0, 0.1) is 0 Å². The molecule has 0 saturated heterocycles. The van der Waals surface area contributed by atoms with E-state index >= 15 is 0 Å². The van der Waals surface area contributed by atoms with Gasteiger partial charge in [0.1, 0.15) is 0 Å². The van der Waals surface area contributed by atoms with Crippen LogP contribution in [0.4, 0.5) is 0 Å². The number of hydrogen-bond donors (Lipinski definition) is 1. The Labute approximate surface area is 109 Å². The van der Waals surface area contributed by atoms with Gasteiger partial charge in [-0.3, -0.25) is 0 Å². The molecular formula is C15H23NO2. The van der Waals surface area contributed by atoms with Gasteiger partial charge in [-0.05, 0) is 37.8 Å². The summed E-state index contributed by atoms with van der Waals surface area (Å²) in [5.41, 5.74) is 8.79. The fourth-order valence-electron chi connectivity index (χ4n) is 2.33. The normalized spacial score (nSPS) is 20.8. The number of ether oxygens (including phenoxy) is 2. The van der Waals surface area contributed by atoms with Crippen LogP contribution >= 0.6 is 0 Å². The molecule has 0 radical (unpaired) electrons. The Hall–Kier alpha value is -0.900. The first-order valence-electron chi connectivity index (χ1n) is 6.73. The van der Waals surface area contributed by atoms with Gasteiger partial charge in [0.05, 0.1) is 25.4 Å². The molecule has 1 heterocycles. The minimum atomic E-state index is 0.0311. The topological polar surface area (TPSA) is 44.5 Å². The highest BCUT2D eigenvalue weighted by Crippen LogP contribution is 2.30. The Bertz CT molecular complexity index is 379. The van der Waals surface area contributed by atoms with Crippen LogP contribution in [0.3, 0.4) is 0 Å². The number of fused-ring (bicyclic) bond motifs is 1. The molecule has 1 aliphatic rings. The molecule has 3 nitrogen and oxygen atoms in total. The molecule has 2 N–H and O–H groups in total. The molecule has 100 valence electrons. The van der Waals surface area contributed by atoms with Gasteiger partial charge in [-0.15, -0.1) is 0 Å². The zero-order chi connectivity index (χ0) is 13.0. The van der Waals surface area contributed by atoms with Crippen LogP contribution in [0.2, 0.25) is 0 Å². The number of rotatable bonds is 5. The maximum atomic E-state index is 6.10. The van der Waals surface area contributed by atoms with Crippen molar-refractivity contribution in [3.05, 3.63) is 35.4 Å². The van der Waals surface area contributed by atoms with E-state index in [0.29, 0.717) is 6.61 Å². The number of nitrogens with two attached hydrogens (primary N) is 1. The van der Waals surface area contributed by atoms with Gasteiger partial charge >= 0.3 is 0 Å². The van der Waals surface area contributed by atoms with E-state index in [1.807, 2.05) is 13.8 Å². The molecule has 2 unspecified atom stereocenters. The highest BCUT2D eigenvalue weighted by molar-refractivity contribution is 5.30. The summed E-state index contributed by atoms with van der Waals surface area (Å²) in [5, 5.41) is 0. The summed E-state index contributed by atoms with van der Waals surface area (Å²) in [4.78, 5) is 0. The van der Waals surface area contributed by atoms with Gasteiger partial charge in [-0.1, -0.05) is 24.3 Å². The molecule has 0 fully saturated rings. The summed E-state index contributed by atoms with van der Waals surface area (Å²) >= 11 is 0. The zero-order valence-electron chi connectivity index (χ0n) is 11.3. The van der Waals surface area contributed by atoms with Crippen LogP contribution in [0.15, 0.2) is 24.3 Å². The maximum Gasteiger partial charge on any atom is 0.0843 e. The molecule has 18 heavy (non-hydrogen) atoms. The predicted molar refractivity (Wildman–Crippen MR) is 72.5 cm³/mol. The largest absolute Gasteiger partial charge is 0.377 e. The van der Waals surface area contributed by atoms with E-state index in [4.69, 9.17) is 15.2 Å². The Morgan fingerprint density at radius 3 is 2.94 bits per heavy atom. The predicted octanol–water partition coefficient (Wildman–Crippen LogP) is 2.44. The lowest BCUT2D eigenvalue weighted by Crippen LogP contribution is -2.31. The summed E-state index contributed by atoms with van der Waals surface area (Å²) in [5.74, 6) is 0. The number of hydrogen-bond acceptors (Lipinski definition) is 3. The van der Waals surface area contributed by atoms with Crippen LogP contribution in [-0.4, -0.2) is 25.4 Å². The maximum absolute atomic E-state index is 6.10. The summed E-state index contributed by atoms with van der Waals surface area (Å²) in [6, 6.07) is 8.51. The summed E-state index contributed by atoms with van der Waals surface area (Å²) in [7, 11) is 0. The molecular weight excluding hydrogens is 226 g/mol. The molecule has 1 aliphatic heterocycles. The summed E-state index contributed by atoms with van der Waals surface area (Å²) < 4.78 is 11.4. The van der Waals surface area contributed by atoms with Gasteiger partial charge < -0.3 is 15.2 Å². The zero-order valence-corrected chi connectivity index (χ0v) is 11.3. The van der Waals surface area contributed by atoms with E-state index in [-0.39, 0.29) is 18.2 Å². The van der Waals surface area contributed by atoms with Gasteiger partial charge in [-0.2, -0.15) is 0 Å². The minimum Gasteiger partial charge on any atom is -0.377 e. The first-order chi connectivity index (χ1) is 8.66. The molecule has 0 amide bonds. The van der Waals surface area contributed by atoms with Crippen molar-refractivity contribution in [1.82, 2.24) is 0 Å². The second-order valence-corrected chi connectivity index (χ2v) is 5.19. The third-order valence-electron chi connectivity index (χ3n) is 3.25. The van der Waals surface area contributed by atoms with E-state index < -0.39 is 0 Å². The second kappa shape index (κ2) is 6.32. The highest BCUT2D eigenvalue weighted by Gasteiger charge is 2.22. The van der Waals surface area contributed by atoms with E-state index in [1.54, 1.807) is 0 Å². The SMILES string of the molecule is CC(C)OCC(N)CC1OCCc2ccccc21. The molecule has 2 atom stereocenters. The van der Waals surface area contributed by atoms with Gasteiger partial charge in [0.2, 0.25) is 0 Å². The van der Waals surface area contributed by atoms with Crippen LogP contribution in [-0.2, 0) is 15.9 Å². The molecule has 2 rings (SSSR count). The van der Waals surface area contributed by atoms with Gasteiger partial charge in [0.25, 0.3) is 0 Å². The first kappa shape index (κ1) is 13.5. The Kier molecular flexibility index (Phi) is 4.75. The van der Waals surface area contributed by atoms with Crippen LogP contribution < -0.4 is 5.73 Å². The van der Waals surface area contributed by atoms with Crippen molar-refractivity contribution >= 4 is 0 Å². The molecule has 0 aliphatic carbocycles. The van der Waals surface area contributed by atoms with Gasteiger partial charge in [0, 0.05) is 6.04 Å². The third kappa shape index (κ3) is 3.55. The molecule has 3 heteroatoms. The van der Waals surface area contributed by atoms with E-state index in [2.05, 4.69) is 24.3 Å². The third-order valence-corrected chi connectivity index (χ3v) is 3.25. The Morgan fingerprint density at radius 2 is 2.17 bits per heavy atom. The summed E-state index contributed by atoms with van der Waals surface area (Å²) in [6.07, 6.45) is 2.19. The molecule has 0 bridgehead atoms. The minimum absolute atomic E-state index is 0.0311. The smallest absolute Gasteiger partial charge is 0.0843 e. The van der Waals surface area contributed by atoms with Crippen LogP contribution in [0.25, 0.3) is 0 Å². The van der Waals surface area contributed by atoms with E-state index in [1.165, 1.54) is 11.1 Å². The lowest BCUT2D eigenvalue weighted by atomic mass is 9.94. The lowest BCUT2D eigenvalue weighted by molar-refractivity contribution is 0.0138. The van der Waals surface area contributed by atoms with Crippen molar-refractivity contribution < 1.29 is 9.47 Å². The Morgan fingerprint density at radius 1 is 1.39 bits per heavy atom. The van der Waals surface area contributed by atoms with Crippen molar-refractivity contribution in [2.75, 3.05) is 13.2 Å². The second-order valence-electron chi connectivity index (χ2n) is 5.19. The average Bonchev–Trinajstić information content (AvgIpc) is 2.37. The molecule has 0 saturated carbocycles. The van der Waals surface area contributed by atoms with E-state index in [0.717, 1.165) is 19.4 Å². The monoisotopic (exact) mass is 249 g/mol. The highest BCUT2D eigenvalue weighted by atomic mass is 16.5. The summed E-state index contributed by atoms with van der Waals surface area (Å²) in [6.45, 7) is 5.44. The quantitative estimate of drug-likeness (QED) is 0.871. The van der Waals surface area contributed by atoms with Crippen molar-refractivity contribution in [2.45, 2.75) is 44.9 Å². The lowest BCUT2D eigenvalue weighted by Gasteiger charge is -2.28. The Balaban J connectivity index is 1.94. The number of benzene rings is 1. The van der Waals surface area contributed by atoms with Crippen molar-refractivity contribution in [2.24, 2.45) is 5.73 Å². The van der Waals surface area contributed by atoms with Gasteiger partial charge in [0.15, 0.2) is 0 Å². The van der Waals surface area contributed by atoms with Crippen LogP contribution in [0.5, 0.6) is 0 Å². The van der Waals surface area contributed by atoms with Crippen molar-refractivity contribution in [1.29, 1.82) is 0 Å². The molecule has 1 aromatic carbocycles. The van der Waals surface area contributed by atoms with Gasteiger partial charge in [-0.25, -0.2) is 0 Å². The van der Waals surface area contributed by atoms with E-state index in [9.17, 15) is 0 Å². The standard InChI is InChI=1S/C15H23NO2/c1-11(2)18-10-13(16)9-15-14-6-4-3-5-12(14)7-8-17-15/h3-6,11,13,15H,7-10,16H2,1-2H3.